The molecule has 5 nitrogen and oxygen atoms in total. The van der Waals surface area contributed by atoms with E-state index in [1.165, 1.54) is 0 Å². The van der Waals surface area contributed by atoms with Crippen molar-refractivity contribution in [2.24, 2.45) is 22.7 Å². The Morgan fingerprint density at radius 2 is 2.00 bits per heavy atom. The predicted octanol–water partition coefficient (Wildman–Crippen LogP) is -0.0975. The van der Waals surface area contributed by atoms with Crippen LogP contribution in [0.3, 0.4) is 0 Å². The Bertz CT molecular complexity index is 386. The molecule has 2 aliphatic heterocycles. The standard InChI is InChI=1S/C10H12N2O3/c1-3-5-7(13)6-4(2)9(14)11-8(6)12-10(5)15/h4-6H,3H2,1-2H3,(H,11,12,14,15)/t4-,5-,6-/m0/s1. The number of carbonyl (C=O) groups is 3. The number of Topliss-reactive ketones (excluding diaryl/α,β-unsaturated/α-hetero) is 1. The molecule has 2 amide bonds. The van der Waals surface area contributed by atoms with Crippen molar-refractivity contribution in [2.45, 2.75) is 20.3 Å². The second kappa shape index (κ2) is 3.25. The van der Waals surface area contributed by atoms with Crippen LogP contribution < -0.4 is 5.32 Å². The van der Waals surface area contributed by atoms with Crippen molar-refractivity contribution in [3.8, 4) is 0 Å². The average Bonchev–Trinajstić information content (AvgIpc) is 2.43. The Labute approximate surface area is 86.9 Å². The van der Waals surface area contributed by atoms with Gasteiger partial charge < -0.3 is 5.32 Å². The molecule has 0 unspecified atom stereocenters. The molecule has 0 aromatic rings. The normalized spacial score (nSPS) is 34.9. The van der Waals surface area contributed by atoms with Gasteiger partial charge in [-0.1, -0.05) is 13.8 Å². The van der Waals surface area contributed by atoms with Crippen molar-refractivity contribution in [1.29, 1.82) is 0 Å². The van der Waals surface area contributed by atoms with Crippen molar-refractivity contribution < 1.29 is 14.4 Å². The first-order chi connectivity index (χ1) is 7.06. The van der Waals surface area contributed by atoms with E-state index in [4.69, 9.17) is 0 Å². The lowest BCUT2D eigenvalue weighted by atomic mass is 9.80. The van der Waals surface area contributed by atoms with Crippen molar-refractivity contribution in [3.63, 3.8) is 0 Å². The number of aliphatic imine (C=N–C) groups is 1. The number of amidine groups is 1. The lowest BCUT2D eigenvalue weighted by molar-refractivity contribution is -0.138. The van der Waals surface area contributed by atoms with Gasteiger partial charge in [0.15, 0.2) is 5.78 Å². The topological polar surface area (TPSA) is 75.6 Å². The highest BCUT2D eigenvalue weighted by atomic mass is 16.2. The SMILES string of the molecule is CC[C@@H]1C(=O)NC2=NC(=O)[C@@H](C)[C@H]2C1=O. The van der Waals surface area contributed by atoms with E-state index in [1.54, 1.807) is 13.8 Å². The van der Waals surface area contributed by atoms with E-state index in [1.807, 2.05) is 0 Å². The monoisotopic (exact) mass is 208 g/mol. The van der Waals surface area contributed by atoms with E-state index >= 15 is 0 Å². The summed E-state index contributed by atoms with van der Waals surface area (Å²) in [7, 11) is 0. The van der Waals surface area contributed by atoms with E-state index in [0.717, 1.165) is 0 Å². The molecule has 0 radical (unpaired) electrons. The Kier molecular flexibility index (Phi) is 2.17. The zero-order valence-electron chi connectivity index (χ0n) is 8.61. The molecule has 1 N–H and O–H groups in total. The molecule has 0 bridgehead atoms. The molecule has 0 aromatic carbocycles. The Morgan fingerprint density at radius 3 is 2.60 bits per heavy atom. The number of nitrogens with one attached hydrogen (secondary N) is 1. The van der Waals surface area contributed by atoms with E-state index < -0.39 is 17.8 Å². The van der Waals surface area contributed by atoms with Gasteiger partial charge in [0.05, 0.1) is 17.8 Å². The van der Waals surface area contributed by atoms with Gasteiger partial charge in [-0.2, -0.15) is 4.99 Å². The van der Waals surface area contributed by atoms with Gasteiger partial charge in [-0.25, -0.2) is 0 Å². The third-order valence-corrected chi connectivity index (χ3v) is 3.04. The lowest BCUT2D eigenvalue weighted by Crippen LogP contribution is -2.52. The van der Waals surface area contributed by atoms with E-state index in [2.05, 4.69) is 10.3 Å². The van der Waals surface area contributed by atoms with Crippen LogP contribution in [0.1, 0.15) is 20.3 Å². The number of nitrogens with zero attached hydrogens (tertiary/aromatic N) is 1. The summed E-state index contributed by atoms with van der Waals surface area (Å²) in [6.45, 7) is 3.46. The molecule has 80 valence electrons. The van der Waals surface area contributed by atoms with Gasteiger partial charge in [-0.05, 0) is 6.42 Å². The fourth-order valence-electron chi connectivity index (χ4n) is 2.10. The number of ketones is 1. The van der Waals surface area contributed by atoms with Crippen LogP contribution >= 0.6 is 0 Å². The number of rotatable bonds is 1. The Balaban J connectivity index is 2.36. The molecule has 2 heterocycles. The van der Waals surface area contributed by atoms with E-state index in [-0.39, 0.29) is 23.4 Å². The number of piperidine rings is 1. The summed E-state index contributed by atoms with van der Waals surface area (Å²) in [5.74, 6) is -2.16. The van der Waals surface area contributed by atoms with Crippen LogP contribution in [-0.4, -0.2) is 23.4 Å². The number of carbonyl (C=O) groups excluding carboxylic acids is 3. The molecule has 15 heavy (non-hydrogen) atoms. The summed E-state index contributed by atoms with van der Waals surface area (Å²) in [5, 5.41) is 2.54. The second-order valence-electron chi connectivity index (χ2n) is 3.95. The Morgan fingerprint density at radius 1 is 1.33 bits per heavy atom. The van der Waals surface area contributed by atoms with Crippen LogP contribution in [0.5, 0.6) is 0 Å². The van der Waals surface area contributed by atoms with Crippen LogP contribution in [-0.2, 0) is 14.4 Å². The smallest absolute Gasteiger partial charge is 0.251 e. The average molecular weight is 208 g/mol. The first kappa shape index (κ1) is 10.0. The van der Waals surface area contributed by atoms with Crippen LogP contribution in [0.4, 0.5) is 0 Å². The highest BCUT2D eigenvalue weighted by Gasteiger charge is 2.48. The van der Waals surface area contributed by atoms with Gasteiger partial charge in [0.2, 0.25) is 5.91 Å². The van der Waals surface area contributed by atoms with E-state index in [0.29, 0.717) is 6.42 Å². The quantitative estimate of drug-likeness (QED) is 0.611. The molecular formula is C10H12N2O3. The molecule has 0 saturated carbocycles. The summed E-state index contributed by atoms with van der Waals surface area (Å²) in [4.78, 5) is 38.4. The molecule has 0 aromatic heterocycles. The maximum Gasteiger partial charge on any atom is 0.251 e. The van der Waals surface area contributed by atoms with Gasteiger partial charge in [0.1, 0.15) is 5.84 Å². The van der Waals surface area contributed by atoms with Crippen LogP contribution in [0.25, 0.3) is 0 Å². The maximum absolute atomic E-state index is 11.9. The predicted molar refractivity (Wildman–Crippen MR) is 52.0 cm³/mol. The first-order valence-electron chi connectivity index (χ1n) is 5.03. The molecule has 0 aliphatic carbocycles. The molecule has 1 fully saturated rings. The number of hydrogen-bond acceptors (Lipinski definition) is 3. The van der Waals surface area contributed by atoms with Crippen LogP contribution in [0.15, 0.2) is 4.99 Å². The molecule has 2 aliphatic rings. The fourth-order valence-corrected chi connectivity index (χ4v) is 2.10. The van der Waals surface area contributed by atoms with Gasteiger partial charge in [0.25, 0.3) is 5.91 Å². The summed E-state index contributed by atoms with van der Waals surface area (Å²) >= 11 is 0. The molecule has 5 heteroatoms. The fraction of sp³-hybridized carbons (Fsp3) is 0.600. The van der Waals surface area contributed by atoms with Crippen molar-refractivity contribution in [2.75, 3.05) is 0 Å². The summed E-state index contributed by atoms with van der Waals surface area (Å²) in [6, 6.07) is 0. The zero-order valence-corrected chi connectivity index (χ0v) is 8.61. The van der Waals surface area contributed by atoms with Crippen molar-refractivity contribution in [3.05, 3.63) is 0 Å². The van der Waals surface area contributed by atoms with Gasteiger partial charge in [-0.15, -0.1) is 0 Å². The highest BCUT2D eigenvalue weighted by Crippen LogP contribution is 2.29. The second-order valence-corrected chi connectivity index (χ2v) is 3.95. The van der Waals surface area contributed by atoms with Crippen molar-refractivity contribution in [1.82, 2.24) is 5.32 Å². The van der Waals surface area contributed by atoms with Gasteiger partial charge >= 0.3 is 0 Å². The molecule has 2 rings (SSSR count). The molecular weight excluding hydrogens is 196 g/mol. The molecule has 1 saturated heterocycles. The summed E-state index contributed by atoms with van der Waals surface area (Å²) < 4.78 is 0. The lowest BCUT2D eigenvalue weighted by Gasteiger charge is -2.26. The van der Waals surface area contributed by atoms with Crippen LogP contribution in [0.2, 0.25) is 0 Å². The summed E-state index contributed by atoms with van der Waals surface area (Å²) in [5.41, 5.74) is 0. The first-order valence-corrected chi connectivity index (χ1v) is 5.03. The zero-order chi connectivity index (χ0) is 11.2. The van der Waals surface area contributed by atoms with Crippen LogP contribution in [0, 0.1) is 17.8 Å². The number of fused-ring (bicyclic) bond motifs is 1. The molecule has 0 spiro atoms. The largest absolute Gasteiger partial charge is 0.313 e. The van der Waals surface area contributed by atoms with Gasteiger partial charge in [-0.3, -0.25) is 14.4 Å². The minimum Gasteiger partial charge on any atom is -0.313 e. The minimum absolute atomic E-state index is 0.168. The Hall–Kier alpha value is -1.52. The summed E-state index contributed by atoms with van der Waals surface area (Å²) in [6.07, 6.45) is 0.468. The van der Waals surface area contributed by atoms with Crippen molar-refractivity contribution >= 4 is 23.4 Å². The van der Waals surface area contributed by atoms with Gasteiger partial charge in [0, 0.05) is 0 Å². The number of hydrogen-bond donors (Lipinski definition) is 1. The highest BCUT2D eigenvalue weighted by molar-refractivity contribution is 6.26. The third kappa shape index (κ3) is 1.30. The third-order valence-electron chi connectivity index (χ3n) is 3.04. The van der Waals surface area contributed by atoms with E-state index in [9.17, 15) is 14.4 Å². The maximum atomic E-state index is 11.9. The number of amides is 2. The minimum atomic E-state index is -0.623. The molecule has 3 atom stereocenters.